The van der Waals surface area contributed by atoms with Gasteiger partial charge in [-0.3, -0.25) is 4.79 Å². The van der Waals surface area contributed by atoms with Crippen molar-refractivity contribution in [3.8, 4) is 0 Å². The molecular formula is C3H4INO2. The zero-order valence-corrected chi connectivity index (χ0v) is 5.64. The van der Waals surface area contributed by atoms with Gasteiger partial charge in [0.05, 0.1) is 6.54 Å². The zero-order valence-electron chi connectivity index (χ0n) is 3.48. The Morgan fingerprint density at radius 3 is 2.57 bits per heavy atom. The van der Waals surface area contributed by atoms with Crippen LogP contribution in [-0.2, 0) is 4.79 Å². The second-order valence-corrected chi connectivity index (χ2v) is 1.80. The van der Waals surface area contributed by atoms with E-state index in [0.29, 0.717) is 6.29 Å². The molecular weight excluding hydrogens is 209 g/mol. The molecule has 1 amide bonds. The smallest absolute Gasteiger partial charge is 0.280 e. The maximum absolute atomic E-state index is 9.92. The van der Waals surface area contributed by atoms with E-state index < -0.39 is 0 Å². The minimum atomic E-state index is -0.204. The molecule has 40 valence electrons. The fraction of sp³-hybridized carbons (Fsp3) is 0.333. The van der Waals surface area contributed by atoms with E-state index >= 15 is 0 Å². The van der Waals surface area contributed by atoms with Gasteiger partial charge >= 0.3 is 0 Å². The summed E-state index contributed by atoms with van der Waals surface area (Å²) in [6.45, 7) is 0.113. The van der Waals surface area contributed by atoms with E-state index in [2.05, 4.69) is 5.32 Å². The molecule has 0 rings (SSSR count). The van der Waals surface area contributed by atoms with E-state index in [0.717, 1.165) is 0 Å². The number of halogens is 1. The van der Waals surface area contributed by atoms with Gasteiger partial charge in [-0.1, -0.05) is 0 Å². The molecule has 0 saturated carbocycles. The minimum absolute atomic E-state index is 0.113. The molecule has 1 N–H and O–H groups in total. The first-order valence-electron chi connectivity index (χ1n) is 1.64. The van der Waals surface area contributed by atoms with Crippen molar-refractivity contribution in [2.75, 3.05) is 6.54 Å². The topological polar surface area (TPSA) is 46.2 Å². The molecule has 4 heteroatoms. The van der Waals surface area contributed by atoms with Crippen molar-refractivity contribution in [3.05, 3.63) is 0 Å². The fourth-order valence-corrected chi connectivity index (χ4v) is 0.342. The third-order valence-corrected chi connectivity index (χ3v) is 0.706. The molecule has 0 atom stereocenters. The van der Waals surface area contributed by atoms with Crippen LogP contribution >= 0.6 is 22.6 Å². The van der Waals surface area contributed by atoms with Crippen LogP contribution in [0.5, 0.6) is 0 Å². The Morgan fingerprint density at radius 1 is 1.86 bits per heavy atom. The molecule has 0 saturated heterocycles. The van der Waals surface area contributed by atoms with E-state index in [-0.39, 0.29) is 10.5 Å². The number of rotatable bonds is 2. The summed E-state index contributed by atoms with van der Waals surface area (Å²) in [6, 6.07) is 0. The van der Waals surface area contributed by atoms with Crippen molar-refractivity contribution < 1.29 is 9.59 Å². The second-order valence-electron chi connectivity index (χ2n) is 0.821. The first kappa shape index (κ1) is 6.87. The standard InChI is InChI=1S/C3H4INO2/c4-3(7)5-1-2-6/h2H,1H2,(H,5,7). The average molecular weight is 213 g/mol. The Hall–Kier alpha value is -0.130. The number of nitrogens with one attached hydrogen (secondary N) is 1. The van der Waals surface area contributed by atoms with Gasteiger partial charge in [-0.25, -0.2) is 0 Å². The van der Waals surface area contributed by atoms with Crippen LogP contribution < -0.4 is 5.32 Å². The predicted molar refractivity (Wildman–Crippen MR) is 33.5 cm³/mol. The Morgan fingerprint density at radius 2 is 2.43 bits per heavy atom. The van der Waals surface area contributed by atoms with Crippen LogP contribution in [0.15, 0.2) is 0 Å². The Kier molecular flexibility index (Phi) is 3.97. The molecule has 0 radical (unpaired) electrons. The minimum Gasteiger partial charge on any atom is -0.341 e. The highest BCUT2D eigenvalue weighted by atomic mass is 127. The predicted octanol–water partition coefficient (Wildman–Crippen LogP) is 0.330. The number of hydrogen-bond donors (Lipinski definition) is 1. The number of hydrogen-bond acceptors (Lipinski definition) is 2. The van der Waals surface area contributed by atoms with E-state index in [4.69, 9.17) is 0 Å². The normalized spacial score (nSPS) is 7.57. The molecule has 0 aliphatic rings. The Labute approximate surface area is 54.6 Å². The maximum atomic E-state index is 9.92. The number of carbonyl (C=O) groups excluding carboxylic acids is 2. The molecule has 0 heterocycles. The first-order valence-corrected chi connectivity index (χ1v) is 2.72. The van der Waals surface area contributed by atoms with E-state index in [9.17, 15) is 9.59 Å². The molecule has 0 aromatic rings. The molecule has 0 unspecified atom stereocenters. The number of carbonyl (C=O) groups is 2. The highest BCUT2D eigenvalue weighted by molar-refractivity contribution is 14.1. The van der Waals surface area contributed by atoms with E-state index in [1.165, 1.54) is 0 Å². The van der Waals surface area contributed by atoms with Crippen molar-refractivity contribution in [1.82, 2.24) is 5.32 Å². The van der Waals surface area contributed by atoms with Crippen LogP contribution in [0.2, 0.25) is 0 Å². The van der Waals surface area contributed by atoms with Crippen LogP contribution in [0.3, 0.4) is 0 Å². The van der Waals surface area contributed by atoms with Gasteiger partial charge in [0.2, 0.25) is 0 Å². The molecule has 0 aromatic heterocycles. The molecule has 7 heavy (non-hydrogen) atoms. The summed E-state index contributed by atoms with van der Waals surface area (Å²) < 4.78 is -0.204. The van der Waals surface area contributed by atoms with Gasteiger partial charge in [0.25, 0.3) is 3.91 Å². The van der Waals surface area contributed by atoms with Gasteiger partial charge in [-0.15, -0.1) is 0 Å². The van der Waals surface area contributed by atoms with Crippen molar-refractivity contribution in [2.45, 2.75) is 0 Å². The molecule has 0 spiro atoms. The summed E-state index contributed by atoms with van der Waals surface area (Å²) >= 11 is 1.56. The molecule has 0 bridgehead atoms. The fourth-order valence-electron chi connectivity index (χ4n) is 0.122. The third kappa shape index (κ3) is 5.87. The third-order valence-electron chi connectivity index (χ3n) is 0.324. The zero-order chi connectivity index (χ0) is 5.70. The summed E-state index contributed by atoms with van der Waals surface area (Å²) in [4.78, 5) is 19.4. The lowest BCUT2D eigenvalue weighted by Gasteiger charge is -1.86. The first-order chi connectivity index (χ1) is 3.27. The van der Waals surface area contributed by atoms with Crippen molar-refractivity contribution in [3.63, 3.8) is 0 Å². The molecule has 0 aliphatic heterocycles. The van der Waals surface area contributed by atoms with E-state index in [1.54, 1.807) is 22.6 Å². The van der Waals surface area contributed by atoms with Crippen molar-refractivity contribution in [1.29, 1.82) is 0 Å². The SMILES string of the molecule is O=CCNC(=O)I. The molecule has 0 fully saturated rings. The Bertz CT molecular complexity index is 83.0. The van der Waals surface area contributed by atoms with Gasteiger partial charge < -0.3 is 10.1 Å². The van der Waals surface area contributed by atoms with Crippen LogP contribution in [0.1, 0.15) is 0 Å². The molecule has 0 aliphatic carbocycles. The van der Waals surface area contributed by atoms with Crippen molar-refractivity contribution >= 4 is 32.8 Å². The average Bonchev–Trinajstić information content (AvgIpc) is 1.61. The Balaban J connectivity index is 2.97. The summed E-state index contributed by atoms with van der Waals surface area (Å²) in [6.07, 6.45) is 0.635. The summed E-state index contributed by atoms with van der Waals surface area (Å²) in [5.74, 6) is 0. The van der Waals surface area contributed by atoms with Crippen LogP contribution in [0.25, 0.3) is 0 Å². The maximum Gasteiger partial charge on any atom is 0.280 e. The highest BCUT2D eigenvalue weighted by Crippen LogP contribution is 1.78. The highest BCUT2D eigenvalue weighted by Gasteiger charge is 1.85. The van der Waals surface area contributed by atoms with Gasteiger partial charge in [-0.2, -0.15) is 0 Å². The van der Waals surface area contributed by atoms with Crippen LogP contribution in [0, 0.1) is 0 Å². The summed E-state index contributed by atoms with van der Waals surface area (Å²) in [5.41, 5.74) is 0. The number of amides is 1. The monoisotopic (exact) mass is 213 g/mol. The lowest BCUT2D eigenvalue weighted by Crippen LogP contribution is -2.17. The van der Waals surface area contributed by atoms with Gasteiger partial charge in [0.1, 0.15) is 6.29 Å². The lowest BCUT2D eigenvalue weighted by molar-refractivity contribution is -0.107. The van der Waals surface area contributed by atoms with Crippen LogP contribution in [-0.4, -0.2) is 16.7 Å². The number of aldehydes is 1. The summed E-state index contributed by atoms with van der Waals surface area (Å²) in [5, 5.41) is 2.27. The van der Waals surface area contributed by atoms with Crippen LogP contribution in [0.4, 0.5) is 4.79 Å². The quantitative estimate of drug-likeness (QED) is 0.311. The molecule has 3 nitrogen and oxygen atoms in total. The second kappa shape index (κ2) is 4.04. The van der Waals surface area contributed by atoms with E-state index in [1.807, 2.05) is 0 Å². The largest absolute Gasteiger partial charge is 0.341 e. The summed E-state index contributed by atoms with van der Waals surface area (Å²) in [7, 11) is 0. The molecule has 0 aromatic carbocycles. The lowest BCUT2D eigenvalue weighted by atomic mass is 10.7. The van der Waals surface area contributed by atoms with Crippen molar-refractivity contribution in [2.24, 2.45) is 0 Å². The van der Waals surface area contributed by atoms with Gasteiger partial charge in [-0.05, 0) is 0 Å². The van der Waals surface area contributed by atoms with Gasteiger partial charge in [0.15, 0.2) is 0 Å². The van der Waals surface area contributed by atoms with Gasteiger partial charge in [0, 0.05) is 22.6 Å².